The molecule has 128 valence electrons. The van der Waals surface area contributed by atoms with Gasteiger partial charge in [0.2, 0.25) is 10.0 Å². The molecule has 0 unspecified atom stereocenters. The highest BCUT2D eigenvalue weighted by atomic mass is 32.2. The second-order valence-electron chi connectivity index (χ2n) is 6.20. The molecule has 1 atom stereocenters. The molecule has 0 aromatic heterocycles. The van der Waals surface area contributed by atoms with E-state index in [2.05, 4.69) is 4.72 Å². The number of benzene rings is 1. The predicted molar refractivity (Wildman–Crippen MR) is 89.9 cm³/mol. The number of carboxylic acid groups (broad SMARTS) is 1. The van der Waals surface area contributed by atoms with Crippen LogP contribution in [0.2, 0.25) is 0 Å². The fourth-order valence-electron chi connectivity index (χ4n) is 2.90. The molecule has 0 radical (unpaired) electrons. The summed E-state index contributed by atoms with van der Waals surface area (Å²) in [7, 11) is -3.41. The van der Waals surface area contributed by atoms with Crippen LogP contribution in [0.3, 0.4) is 0 Å². The van der Waals surface area contributed by atoms with Crippen molar-refractivity contribution in [3.8, 4) is 0 Å². The maximum atomic E-state index is 12.5. The zero-order valence-corrected chi connectivity index (χ0v) is 14.1. The molecule has 0 aliphatic heterocycles. The summed E-state index contributed by atoms with van der Waals surface area (Å²) in [6.07, 6.45) is 4.53. The smallest absolute Gasteiger partial charge is 0.320 e. The number of sulfonamides is 1. The standard InChI is InChI=1S/C16H24N2O4S/c1-11-7-8-13(9-12(11)10-15(17)16(19)20)18-23(21,22)14-5-3-2-4-6-14/h7-9,14-15,18H,2-6,10,17H2,1H3,(H,19,20)/t15-/m0/s1. The minimum Gasteiger partial charge on any atom is -0.480 e. The summed E-state index contributed by atoms with van der Waals surface area (Å²) in [5.74, 6) is -1.07. The van der Waals surface area contributed by atoms with E-state index in [1.54, 1.807) is 18.2 Å². The van der Waals surface area contributed by atoms with E-state index in [-0.39, 0.29) is 11.7 Å². The summed E-state index contributed by atoms with van der Waals surface area (Å²) in [6.45, 7) is 1.85. The molecule has 1 fully saturated rings. The zero-order chi connectivity index (χ0) is 17.0. The molecule has 0 amide bonds. The third-order valence-electron chi connectivity index (χ3n) is 4.36. The van der Waals surface area contributed by atoms with Crippen molar-refractivity contribution in [3.63, 3.8) is 0 Å². The Bertz CT molecular complexity index is 667. The first-order valence-electron chi connectivity index (χ1n) is 7.89. The van der Waals surface area contributed by atoms with Crippen molar-refractivity contribution in [1.29, 1.82) is 0 Å². The van der Waals surface area contributed by atoms with Crippen LogP contribution in [-0.4, -0.2) is 30.8 Å². The quantitative estimate of drug-likeness (QED) is 0.734. The Kier molecular flexibility index (Phi) is 5.64. The molecule has 4 N–H and O–H groups in total. The lowest BCUT2D eigenvalue weighted by Crippen LogP contribution is -2.32. The lowest BCUT2D eigenvalue weighted by atomic mass is 10.0. The number of carbonyl (C=O) groups is 1. The molecular formula is C16H24N2O4S. The van der Waals surface area contributed by atoms with Crippen LogP contribution >= 0.6 is 0 Å². The summed E-state index contributed by atoms with van der Waals surface area (Å²) in [4.78, 5) is 10.9. The molecule has 0 spiro atoms. The number of nitrogens with two attached hydrogens (primary N) is 1. The average Bonchev–Trinajstić information content (AvgIpc) is 2.51. The highest BCUT2D eigenvalue weighted by Gasteiger charge is 2.27. The molecule has 1 aliphatic rings. The topological polar surface area (TPSA) is 109 Å². The van der Waals surface area contributed by atoms with E-state index >= 15 is 0 Å². The fraction of sp³-hybridized carbons (Fsp3) is 0.562. The first kappa shape index (κ1) is 17.7. The molecule has 6 nitrogen and oxygen atoms in total. The van der Waals surface area contributed by atoms with Gasteiger partial charge in [0.1, 0.15) is 6.04 Å². The van der Waals surface area contributed by atoms with Gasteiger partial charge in [0, 0.05) is 5.69 Å². The number of hydrogen-bond acceptors (Lipinski definition) is 4. The maximum Gasteiger partial charge on any atom is 0.320 e. The third-order valence-corrected chi connectivity index (χ3v) is 6.23. The van der Waals surface area contributed by atoms with E-state index in [1.807, 2.05) is 6.92 Å². The molecule has 0 heterocycles. The summed E-state index contributed by atoms with van der Waals surface area (Å²) >= 11 is 0. The van der Waals surface area contributed by atoms with E-state index in [4.69, 9.17) is 10.8 Å². The van der Waals surface area contributed by atoms with E-state index in [0.717, 1.165) is 30.4 Å². The molecule has 7 heteroatoms. The Morgan fingerprint density at radius 3 is 2.61 bits per heavy atom. The van der Waals surface area contributed by atoms with E-state index in [0.29, 0.717) is 18.5 Å². The largest absolute Gasteiger partial charge is 0.480 e. The molecule has 0 saturated heterocycles. The van der Waals surface area contributed by atoms with Crippen LogP contribution in [0.25, 0.3) is 0 Å². The van der Waals surface area contributed by atoms with Gasteiger partial charge in [0.05, 0.1) is 5.25 Å². The highest BCUT2D eigenvalue weighted by Crippen LogP contribution is 2.26. The van der Waals surface area contributed by atoms with Crippen molar-refractivity contribution < 1.29 is 18.3 Å². The van der Waals surface area contributed by atoms with Crippen LogP contribution in [-0.2, 0) is 21.2 Å². The van der Waals surface area contributed by atoms with Crippen molar-refractivity contribution >= 4 is 21.7 Å². The van der Waals surface area contributed by atoms with Crippen LogP contribution in [0.15, 0.2) is 18.2 Å². The van der Waals surface area contributed by atoms with Gasteiger partial charge in [0.25, 0.3) is 0 Å². The normalized spacial score (nSPS) is 17.7. The Morgan fingerprint density at radius 1 is 1.35 bits per heavy atom. The molecular weight excluding hydrogens is 316 g/mol. The van der Waals surface area contributed by atoms with Crippen molar-refractivity contribution in [2.45, 2.75) is 56.7 Å². The Balaban J connectivity index is 2.15. The van der Waals surface area contributed by atoms with Crippen LogP contribution in [0.4, 0.5) is 5.69 Å². The molecule has 1 aromatic rings. The van der Waals surface area contributed by atoms with Gasteiger partial charge in [-0.1, -0.05) is 25.3 Å². The molecule has 0 bridgehead atoms. The molecule has 2 rings (SSSR count). The van der Waals surface area contributed by atoms with Crippen molar-refractivity contribution in [2.75, 3.05) is 4.72 Å². The van der Waals surface area contributed by atoms with Gasteiger partial charge in [-0.25, -0.2) is 8.42 Å². The number of rotatable bonds is 6. The van der Waals surface area contributed by atoms with Gasteiger partial charge in [-0.2, -0.15) is 0 Å². The Morgan fingerprint density at radius 2 is 2.00 bits per heavy atom. The lowest BCUT2D eigenvalue weighted by Gasteiger charge is -2.22. The maximum absolute atomic E-state index is 12.5. The summed E-state index contributed by atoms with van der Waals surface area (Å²) in [5.41, 5.74) is 7.67. The predicted octanol–water partition coefficient (Wildman–Crippen LogP) is 2.02. The third kappa shape index (κ3) is 4.68. The van der Waals surface area contributed by atoms with Gasteiger partial charge < -0.3 is 10.8 Å². The van der Waals surface area contributed by atoms with Crippen LogP contribution in [0.1, 0.15) is 43.2 Å². The summed E-state index contributed by atoms with van der Waals surface area (Å²) in [6, 6.07) is 4.16. The molecule has 1 aromatic carbocycles. The van der Waals surface area contributed by atoms with E-state index < -0.39 is 22.0 Å². The van der Waals surface area contributed by atoms with E-state index in [1.165, 1.54) is 0 Å². The lowest BCUT2D eigenvalue weighted by molar-refractivity contribution is -0.138. The second-order valence-corrected chi connectivity index (χ2v) is 8.16. The number of carboxylic acids is 1. The van der Waals surface area contributed by atoms with Crippen molar-refractivity contribution in [1.82, 2.24) is 0 Å². The summed E-state index contributed by atoms with van der Waals surface area (Å²) < 4.78 is 27.5. The number of aliphatic carboxylic acids is 1. The molecule has 23 heavy (non-hydrogen) atoms. The fourth-order valence-corrected chi connectivity index (χ4v) is 4.48. The number of nitrogens with one attached hydrogen (secondary N) is 1. The van der Waals surface area contributed by atoms with Gasteiger partial charge >= 0.3 is 5.97 Å². The number of hydrogen-bond donors (Lipinski definition) is 3. The second kappa shape index (κ2) is 7.31. The SMILES string of the molecule is Cc1ccc(NS(=O)(=O)C2CCCCC2)cc1C[C@H](N)C(=O)O. The van der Waals surface area contributed by atoms with Gasteiger partial charge in [0.15, 0.2) is 0 Å². The number of aryl methyl sites for hydroxylation is 1. The van der Waals surface area contributed by atoms with Crippen molar-refractivity contribution in [3.05, 3.63) is 29.3 Å². The van der Waals surface area contributed by atoms with E-state index in [9.17, 15) is 13.2 Å². The zero-order valence-electron chi connectivity index (χ0n) is 13.3. The molecule has 1 aliphatic carbocycles. The Labute approximate surface area is 137 Å². The monoisotopic (exact) mass is 340 g/mol. The minimum absolute atomic E-state index is 0.167. The van der Waals surface area contributed by atoms with Crippen molar-refractivity contribution in [2.24, 2.45) is 5.73 Å². The van der Waals surface area contributed by atoms with Gasteiger partial charge in [-0.15, -0.1) is 0 Å². The highest BCUT2D eigenvalue weighted by molar-refractivity contribution is 7.93. The Hall–Kier alpha value is -1.60. The van der Waals surface area contributed by atoms with Crippen LogP contribution in [0.5, 0.6) is 0 Å². The van der Waals surface area contributed by atoms with Crippen LogP contribution < -0.4 is 10.5 Å². The number of anilines is 1. The van der Waals surface area contributed by atoms with Crippen LogP contribution in [0, 0.1) is 6.92 Å². The first-order chi connectivity index (χ1) is 10.8. The summed E-state index contributed by atoms with van der Waals surface area (Å²) in [5, 5.41) is 8.58. The van der Waals surface area contributed by atoms with Gasteiger partial charge in [-0.05, 0) is 49.4 Å². The minimum atomic E-state index is -3.41. The first-order valence-corrected chi connectivity index (χ1v) is 9.44. The van der Waals surface area contributed by atoms with Gasteiger partial charge in [-0.3, -0.25) is 9.52 Å². The average molecular weight is 340 g/mol. The molecule has 1 saturated carbocycles.